The monoisotopic (exact) mass is 132 g/mol. The van der Waals surface area contributed by atoms with Gasteiger partial charge in [-0.1, -0.05) is 12.2 Å². The third kappa shape index (κ3) is 5.70. The summed E-state index contributed by atoms with van der Waals surface area (Å²) in [5.74, 6) is 0. The molecule has 0 radical (unpaired) electrons. The van der Waals surface area contributed by atoms with Gasteiger partial charge in [0.15, 0.2) is 0 Å². The van der Waals surface area contributed by atoms with E-state index in [0.717, 1.165) is 6.42 Å². The van der Waals surface area contributed by atoms with Crippen LogP contribution >= 0.6 is 11.6 Å². The van der Waals surface area contributed by atoms with E-state index in [9.17, 15) is 4.79 Å². The van der Waals surface area contributed by atoms with E-state index in [1.807, 2.05) is 19.1 Å². The molecule has 0 aromatic rings. The van der Waals surface area contributed by atoms with Crippen LogP contribution in [0.3, 0.4) is 0 Å². The molecule has 0 unspecified atom stereocenters. The fourth-order valence-corrected chi connectivity index (χ4v) is 0.473. The van der Waals surface area contributed by atoms with Gasteiger partial charge in [0, 0.05) is 6.42 Å². The molecule has 0 amide bonds. The molecule has 0 bridgehead atoms. The zero-order valence-corrected chi connectivity index (χ0v) is 5.61. The van der Waals surface area contributed by atoms with Crippen LogP contribution < -0.4 is 0 Å². The molecule has 0 saturated carbocycles. The van der Waals surface area contributed by atoms with Crippen LogP contribution in [-0.2, 0) is 4.79 Å². The van der Waals surface area contributed by atoms with Crippen LogP contribution in [0.2, 0.25) is 0 Å². The summed E-state index contributed by atoms with van der Waals surface area (Å²) in [5, 5.41) is -0.261. The van der Waals surface area contributed by atoms with Crippen LogP contribution in [0.25, 0.3) is 0 Å². The highest BCUT2D eigenvalue weighted by Crippen LogP contribution is 1.94. The van der Waals surface area contributed by atoms with Gasteiger partial charge in [-0.15, -0.1) is 0 Å². The Kier molecular flexibility index (Phi) is 4.67. The van der Waals surface area contributed by atoms with Crippen molar-refractivity contribution in [3.05, 3.63) is 12.2 Å². The van der Waals surface area contributed by atoms with Crippen molar-refractivity contribution in [1.82, 2.24) is 0 Å². The lowest BCUT2D eigenvalue weighted by Crippen LogP contribution is -1.81. The highest BCUT2D eigenvalue weighted by Gasteiger charge is 1.89. The van der Waals surface area contributed by atoms with E-state index in [1.165, 1.54) is 0 Å². The van der Waals surface area contributed by atoms with Crippen molar-refractivity contribution in [2.24, 2.45) is 0 Å². The van der Waals surface area contributed by atoms with Gasteiger partial charge in [-0.3, -0.25) is 4.79 Å². The first-order valence-corrected chi connectivity index (χ1v) is 2.94. The van der Waals surface area contributed by atoms with Crippen molar-refractivity contribution in [2.45, 2.75) is 19.8 Å². The maximum absolute atomic E-state index is 10.1. The number of allylic oxidation sites excluding steroid dienone is 2. The zero-order valence-electron chi connectivity index (χ0n) is 4.86. The molecule has 0 saturated heterocycles. The Bertz CT molecular complexity index is 96.7. The van der Waals surface area contributed by atoms with Crippen LogP contribution in [0, 0.1) is 0 Å². The van der Waals surface area contributed by atoms with Gasteiger partial charge in [0.2, 0.25) is 5.24 Å². The number of halogens is 1. The summed E-state index contributed by atoms with van der Waals surface area (Å²) < 4.78 is 0. The van der Waals surface area contributed by atoms with Gasteiger partial charge < -0.3 is 0 Å². The van der Waals surface area contributed by atoms with Crippen molar-refractivity contribution < 1.29 is 4.79 Å². The molecule has 0 aliphatic rings. The molecule has 0 N–H and O–H groups in total. The molecule has 8 heavy (non-hydrogen) atoms. The maximum Gasteiger partial charge on any atom is 0.221 e. The Morgan fingerprint density at radius 1 is 1.75 bits per heavy atom. The van der Waals surface area contributed by atoms with E-state index in [4.69, 9.17) is 11.6 Å². The Hall–Kier alpha value is -0.300. The number of hydrogen-bond acceptors (Lipinski definition) is 1. The first-order chi connectivity index (χ1) is 3.77. The first kappa shape index (κ1) is 7.70. The predicted molar refractivity (Wildman–Crippen MR) is 34.9 cm³/mol. The van der Waals surface area contributed by atoms with Gasteiger partial charge in [-0.2, -0.15) is 0 Å². The van der Waals surface area contributed by atoms with E-state index < -0.39 is 0 Å². The van der Waals surface area contributed by atoms with Crippen LogP contribution in [0.15, 0.2) is 12.2 Å². The first-order valence-electron chi connectivity index (χ1n) is 2.57. The van der Waals surface area contributed by atoms with Gasteiger partial charge in [0.05, 0.1) is 0 Å². The second-order valence-corrected chi connectivity index (χ2v) is 1.88. The minimum absolute atomic E-state index is 0.261. The standard InChI is InChI=1S/C6H9ClO/c1-2-3-4-5-6(7)8/h2-3H,4-5H2,1H3/b3-2-. The highest BCUT2D eigenvalue weighted by atomic mass is 35.5. The lowest BCUT2D eigenvalue weighted by molar-refractivity contribution is -0.111. The van der Waals surface area contributed by atoms with Crippen LogP contribution in [0.5, 0.6) is 0 Å². The molecular weight excluding hydrogens is 124 g/mol. The van der Waals surface area contributed by atoms with Crippen LogP contribution in [0.4, 0.5) is 0 Å². The van der Waals surface area contributed by atoms with Crippen molar-refractivity contribution in [2.75, 3.05) is 0 Å². The quantitative estimate of drug-likeness (QED) is 0.425. The molecule has 0 rings (SSSR count). The van der Waals surface area contributed by atoms with Crippen molar-refractivity contribution in [1.29, 1.82) is 0 Å². The summed E-state index contributed by atoms with van der Waals surface area (Å²) in [6.07, 6.45) is 5.03. The summed E-state index contributed by atoms with van der Waals surface area (Å²) >= 11 is 5.04. The van der Waals surface area contributed by atoms with Crippen LogP contribution in [-0.4, -0.2) is 5.24 Å². The van der Waals surface area contributed by atoms with Gasteiger partial charge in [0.25, 0.3) is 0 Å². The minimum Gasteiger partial charge on any atom is -0.281 e. The molecule has 0 aliphatic carbocycles. The second kappa shape index (κ2) is 4.85. The van der Waals surface area contributed by atoms with Gasteiger partial charge >= 0.3 is 0 Å². The average molecular weight is 133 g/mol. The molecule has 2 heteroatoms. The van der Waals surface area contributed by atoms with Gasteiger partial charge in [-0.25, -0.2) is 0 Å². The summed E-state index contributed by atoms with van der Waals surface area (Å²) in [5.41, 5.74) is 0. The minimum atomic E-state index is -0.261. The third-order valence-corrected chi connectivity index (χ3v) is 0.932. The predicted octanol–water partition coefficient (Wildman–Crippen LogP) is 2.11. The largest absolute Gasteiger partial charge is 0.281 e. The normalized spacial score (nSPS) is 10.2. The number of rotatable bonds is 3. The van der Waals surface area contributed by atoms with E-state index in [0.29, 0.717) is 6.42 Å². The van der Waals surface area contributed by atoms with Gasteiger partial charge in [-0.05, 0) is 24.9 Å². The molecule has 0 heterocycles. The highest BCUT2D eigenvalue weighted by molar-refractivity contribution is 6.63. The fourth-order valence-electron chi connectivity index (χ4n) is 0.363. The molecule has 0 aromatic heterocycles. The van der Waals surface area contributed by atoms with Crippen molar-refractivity contribution in [3.8, 4) is 0 Å². The lowest BCUT2D eigenvalue weighted by atomic mass is 10.3. The molecule has 0 spiro atoms. The summed E-state index contributed by atoms with van der Waals surface area (Å²) in [6, 6.07) is 0. The summed E-state index contributed by atoms with van der Waals surface area (Å²) in [7, 11) is 0. The Morgan fingerprint density at radius 2 is 2.38 bits per heavy atom. The van der Waals surface area contributed by atoms with E-state index in [2.05, 4.69) is 0 Å². The Balaban J connectivity index is 3.05. The van der Waals surface area contributed by atoms with E-state index in [1.54, 1.807) is 0 Å². The van der Waals surface area contributed by atoms with E-state index >= 15 is 0 Å². The smallest absolute Gasteiger partial charge is 0.221 e. The van der Waals surface area contributed by atoms with Crippen molar-refractivity contribution >= 4 is 16.8 Å². The molecule has 46 valence electrons. The molecule has 0 atom stereocenters. The van der Waals surface area contributed by atoms with Gasteiger partial charge in [0.1, 0.15) is 0 Å². The molecule has 0 fully saturated rings. The summed E-state index contributed by atoms with van der Waals surface area (Å²) in [6.45, 7) is 1.92. The summed E-state index contributed by atoms with van der Waals surface area (Å²) in [4.78, 5) is 10.1. The molecule has 0 aliphatic heterocycles. The Morgan fingerprint density at radius 3 is 2.75 bits per heavy atom. The maximum atomic E-state index is 10.1. The molecule has 1 nitrogen and oxygen atoms in total. The Labute approximate surface area is 54.3 Å². The number of hydrogen-bond donors (Lipinski definition) is 0. The topological polar surface area (TPSA) is 17.1 Å². The lowest BCUT2D eigenvalue weighted by Gasteiger charge is -1.82. The SMILES string of the molecule is C/C=C\CCC(=O)Cl. The fraction of sp³-hybridized carbons (Fsp3) is 0.500. The molecular formula is C6H9ClO. The molecule has 0 aromatic carbocycles. The third-order valence-electron chi connectivity index (χ3n) is 0.743. The van der Waals surface area contributed by atoms with E-state index in [-0.39, 0.29) is 5.24 Å². The number of carbonyl (C=O) groups is 1. The second-order valence-electron chi connectivity index (χ2n) is 1.46. The van der Waals surface area contributed by atoms with Crippen LogP contribution in [0.1, 0.15) is 19.8 Å². The number of carbonyl (C=O) groups excluding carboxylic acids is 1. The average Bonchev–Trinajstić information content (AvgIpc) is 1.66. The zero-order chi connectivity index (χ0) is 6.41. The van der Waals surface area contributed by atoms with Crippen molar-refractivity contribution in [3.63, 3.8) is 0 Å².